The Hall–Kier alpha value is -3.99. The van der Waals surface area contributed by atoms with Gasteiger partial charge in [-0.15, -0.1) is 10.2 Å². The van der Waals surface area contributed by atoms with Crippen molar-refractivity contribution in [2.24, 2.45) is 0 Å². The Morgan fingerprint density at radius 1 is 0.719 bits per heavy atom. The third-order valence-corrected chi connectivity index (χ3v) is 4.95. The number of hydrogen-bond donors (Lipinski definition) is 0. The summed E-state index contributed by atoms with van der Waals surface area (Å²) in [6.07, 6.45) is 0. The summed E-state index contributed by atoms with van der Waals surface area (Å²) >= 11 is 0. The van der Waals surface area contributed by atoms with Crippen LogP contribution in [0.1, 0.15) is 36.7 Å². The molecule has 0 aliphatic heterocycles. The smallest absolute Gasteiger partial charge is 0.344 e. The van der Waals surface area contributed by atoms with Crippen molar-refractivity contribution < 1.29 is 14.3 Å². The molecular weight excluding hydrogens is 400 g/mol. The lowest BCUT2D eigenvalue weighted by atomic mass is 9.87. The Bertz CT molecular complexity index is 1180. The van der Waals surface area contributed by atoms with Gasteiger partial charge in [0.15, 0.2) is 0 Å². The normalized spacial score (nSPS) is 11.1. The highest BCUT2D eigenvalue weighted by molar-refractivity contribution is 5.90. The van der Waals surface area contributed by atoms with E-state index in [0.717, 1.165) is 22.6 Å². The van der Waals surface area contributed by atoms with E-state index in [1.165, 1.54) is 0 Å². The number of para-hydroxylation sites is 1. The van der Waals surface area contributed by atoms with Crippen molar-refractivity contribution in [1.82, 2.24) is 10.2 Å². The summed E-state index contributed by atoms with van der Waals surface area (Å²) in [4.78, 5) is 12.4. The third kappa shape index (κ3) is 5.19. The standard InChI is InChI=1S/C27H24N2O3/c1-27(2,3)21-13-9-20(10-14-21)26(30)32-25-18-17-24(28-29-25)19-11-15-23(16-12-19)31-22-7-5-4-6-8-22/h4-18H,1-3H3. The van der Waals surface area contributed by atoms with E-state index in [4.69, 9.17) is 9.47 Å². The molecule has 0 saturated heterocycles. The first-order valence-electron chi connectivity index (χ1n) is 10.4. The Morgan fingerprint density at radius 2 is 1.38 bits per heavy atom. The van der Waals surface area contributed by atoms with Gasteiger partial charge in [-0.3, -0.25) is 0 Å². The van der Waals surface area contributed by atoms with Gasteiger partial charge in [-0.25, -0.2) is 4.79 Å². The molecule has 0 amide bonds. The van der Waals surface area contributed by atoms with Crippen LogP contribution in [0.5, 0.6) is 17.4 Å². The maximum absolute atomic E-state index is 12.4. The number of ether oxygens (including phenoxy) is 2. The van der Waals surface area contributed by atoms with E-state index in [1.54, 1.807) is 24.3 Å². The van der Waals surface area contributed by atoms with Gasteiger partial charge in [0.1, 0.15) is 11.5 Å². The molecule has 4 aromatic rings. The molecule has 0 bridgehead atoms. The average Bonchev–Trinajstić information content (AvgIpc) is 2.80. The molecule has 0 aliphatic rings. The van der Waals surface area contributed by atoms with Crippen molar-refractivity contribution in [2.75, 3.05) is 0 Å². The fourth-order valence-corrected chi connectivity index (χ4v) is 3.11. The van der Waals surface area contributed by atoms with Crippen LogP contribution in [0.2, 0.25) is 0 Å². The third-order valence-electron chi connectivity index (χ3n) is 4.95. The molecule has 3 aromatic carbocycles. The molecule has 5 heteroatoms. The molecule has 4 rings (SSSR count). The number of carbonyl (C=O) groups excluding carboxylic acids is 1. The molecule has 0 saturated carbocycles. The van der Waals surface area contributed by atoms with Crippen LogP contribution < -0.4 is 9.47 Å². The second kappa shape index (κ2) is 9.02. The molecule has 1 heterocycles. The largest absolute Gasteiger partial charge is 0.457 e. The van der Waals surface area contributed by atoms with Crippen molar-refractivity contribution in [3.8, 4) is 28.6 Å². The van der Waals surface area contributed by atoms with Gasteiger partial charge in [-0.05, 0) is 65.6 Å². The molecule has 0 unspecified atom stereocenters. The van der Waals surface area contributed by atoms with Gasteiger partial charge < -0.3 is 9.47 Å². The fourth-order valence-electron chi connectivity index (χ4n) is 3.11. The first-order valence-corrected chi connectivity index (χ1v) is 10.4. The molecule has 0 N–H and O–H groups in total. The number of nitrogens with zero attached hydrogens (tertiary/aromatic N) is 2. The highest BCUT2D eigenvalue weighted by atomic mass is 16.5. The van der Waals surface area contributed by atoms with E-state index in [1.807, 2.05) is 66.7 Å². The summed E-state index contributed by atoms with van der Waals surface area (Å²) in [5, 5.41) is 8.23. The fraction of sp³-hybridized carbons (Fsp3) is 0.148. The van der Waals surface area contributed by atoms with Crippen molar-refractivity contribution >= 4 is 5.97 Å². The Morgan fingerprint density at radius 3 is 1.97 bits per heavy atom. The Kier molecular flexibility index (Phi) is 5.99. The molecule has 5 nitrogen and oxygen atoms in total. The Balaban J connectivity index is 1.40. The van der Waals surface area contributed by atoms with Crippen LogP contribution in [0.15, 0.2) is 91.0 Å². The topological polar surface area (TPSA) is 61.3 Å². The van der Waals surface area contributed by atoms with Gasteiger partial charge in [-0.1, -0.05) is 51.1 Å². The van der Waals surface area contributed by atoms with Crippen LogP contribution in [0.3, 0.4) is 0 Å². The van der Waals surface area contributed by atoms with Gasteiger partial charge in [-0.2, -0.15) is 0 Å². The summed E-state index contributed by atoms with van der Waals surface area (Å²) in [5.74, 6) is 1.20. The van der Waals surface area contributed by atoms with Crippen LogP contribution in [0.25, 0.3) is 11.3 Å². The van der Waals surface area contributed by atoms with Crippen LogP contribution in [0, 0.1) is 0 Å². The summed E-state index contributed by atoms with van der Waals surface area (Å²) < 4.78 is 11.2. The number of esters is 1. The molecule has 0 atom stereocenters. The summed E-state index contributed by atoms with van der Waals surface area (Å²) in [6.45, 7) is 6.38. The minimum Gasteiger partial charge on any atom is -0.457 e. The molecule has 0 spiro atoms. The molecule has 0 radical (unpaired) electrons. The van der Waals surface area contributed by atoms with E-state index in [9.17, 15) is 4.79 Å². The second-order valence-corrected chi connectivity index (χ2v) is 8.41. The number of benzene rings is 3. The van der Waals surface area contributed by atoms with Gasteiger partial charge >= 0.3 is 5.97 Å². The minimum atomic E-state index is -0.463. The van der Waals surface area contributed by atoms with Crippen LogP contribution >= 0.6 is 0 Å². The van der Waals surface area contributed by atoms with E-state index in [-0.39, 0.29) is 11.3 Å². The zero-order valence-electron chi connectivity index (χ0n) is 18.3. The molecule has 0 aliphatic carbocycles. The summed E-state index contributed by atoms with van der Waals surface area (Å²) in [6, 6.07) is 28.0. The summed E-state index contributed by atoms with van der Waals surface area (Å²) in [7, 11) is 0. The zero-order valence-corrected chi connectivity index (χ0v) is 18.3. The lowest BCUT2D eigenvalue weighted by molar-refractivity contribution is 0.0726. The molecule has 160 valence electrons. The quantitative estimate of drug-likeness (QED) is 0.344. The predicted molar refractivity (Wildman–Crippen MR) is 124 cm³/mol. The maximum atomic E-state index is 12.4. The Labute approximate surface area is 187 Å². The van der Waals surface area contributed by atoms with Crippen LogP contribution in [-0.4, -0.2) is 16.2 Å². The lowest BCUT2D eigenvalue weighted by Gasteiger charge is -2.18. The maximum Gasteiger partial charge on any atom is 0.344 e. The van der Waals surface area contributed by atoms with E-state index in [0.29, 0.717) is 11.3 Å². The molecule has 32 heavy (non-hydrogen) atoms. The number of rotatable bonds is 5. The monoisotopic (exact) mass is 424 g/mol. The lowest BCUT2D eigenvalue weighted by Crippen LogP contribution is -2.13. The van der Waals surface area contributed by atoms with E-state index >= 15 is 0 Å². The van der Waals surface area contributed by atoms with E-state index in [2.05, 4.69) is 31.0 Å². The van der Waals surface area contributed by atoms with E-state index < -0.39 is 5.97 Å². The van der Waals surface area contributed by atoms with Crippen molar-refractivity contribution in [2.45, 2.75) is 26.2 Å². The number of aromatic nitrogens is 2. The zero-order chi connectivity index (χ0) is 22.6. The van der Waals surface area contributed by atoms with Crippen molar-refractivity contribution in [3.63, 3.8) is 0 Å². The first-order chi connectivity index (χ1) is 15.4. The van der Waals surface area contributed by atoms with Crippen LogP contribution in [-0.2, 0) is 5.41 Å². The predicted octanol–water partition coefficient (Wildman–Crippen LogP) is 6.45. The van der Waals surface area contributed by atoms with Gasteiger partial charge in [0.2, 0.25) is 5.88 Å². The highest BCUT2D eigenvalue weighted by Crippen LogP contribution is 2.25. The van der Waals surface area contributed by atoms with Crippen LogP contribution in [0.4, 0.5) is 0 Å². The molecular formula is C27H24N2O3. The highest BCUT2D eigenvalue weighted by Gasteiger charge is 2.15. The second-order valence-electron chi connectivity index (χ2n) is 8.41. The number of carbonyl (C=O) groups is 1. The van der Waals surface area contributed by atoms with Gasteiger partial charge in [0.25, 0.3) is 0 Å². The average molecular weight is 425 g/mol. The molecule has 1 aromatic heterocycles. The minimum absolute atomic E-state index is 0.0234. The van der Waals surface area contributed by atoms with Crippen molar-refractivity contribution in [1.29, 1.82) is 0 Å². The summed E-state index contributed by atoms with van der Waals surface area (Å²) in [5.41, 5.74) is 3.20. The molecule has 0 fully saturated rings. The number of hydrogen-bond acceptors (Lipinski definition) is 5. The SMILES string of the molecule is CC(C)(C)c1ccc(C(=O)Oc2ccc(-c3ccc(Oc4ccccc4)cc3)nn2)cc1. The van der Waals surface area contributed by atoms with Gasteiger partial charge in [0.05, 0.1) is 11.3 Å². The van der Waals surface area contributed by atoms with Gasteiger partial charge in [0, 0.05) is 11.6 Å². The first kappa shape index (κ1) is 21.2. The van der Waals surface area contributed by atoms with Crippen molar-refractivity contribution in [3.05, 3.63) is 102 Å².